The molecule has 0 unspecified atom stereocenters. The van der Waals surface area contributed by atoms with Crippen LogP contribution < -0.4 is 4.74 Å². The van der Waals surface area contributed by atoms with Crippen molar-refractivity contribution in [3.63, 3.8) is 0 Å². The summed E-state index contributed by atoms with van der Waals surface area (Å²) >= 11 is 1.56. The Hall–Kier alpha value is -1.80. The highest BCUT2D eigenvalue weighted by Gasteiger charge is 1.92. The summed E-state index contributed by atoms with van der Waals surface area (Å²) in [5.41, 5.74) is 0. The minimum absolute atomic E-state index is 0.857. The molecule has 80 valence electrons. The summed E-state index contributed by atoms with van der Waals surface area (Å²) in [6.07, 6.45) is 0. The van der Waals surface area contributed by atoms with Crippen LogP contribution in [0.5, 0.6) is 10.8 Å². The molecule has 0 saturated heterocycles. The Labute approximate surface area is 99.3 Å². The summed E-state index contributed by atoms with van der Waals surface area (Å²) in [6.45, 7) is 0. The second-order valence-electron chi connectivity index (χ2n) is 3.12. The van der Waals surface area contributed by atoms with Crippen LogP contribution >= 0.6 is 11.3 Å². The van der Waals surface area contributed by atoms with Gasteiger partial charge in [-0.25, -0.2) is 0 Å². The van der Waals surface area contributed by atoms with Crippen molar-refractivity contribution in [1.29, 1.82) is 0 Å². The fourth-order valence-corrected chi connectivity index (χ4v) is 1.79. The van der Waals surface area contributed by atoms with Gasteiger partial charge in [0, 0.05) is 0 Å². The molecular weight excluding hydrogens is 216 g/mol. The summed E-state index contributed by atoms with van der Waals surface area (Å²) in [6, 6.07) is 21.6. The molecule has 1 aromatic carbocycles. The molecule has 0 fully saturated rings. The maximum absolute atomic E-state index is 5.74. The van der Waals surface area contributed by atoms with Gasteiger partial charge >= 0.3 is 0 Å². The number of hydrogen-bond donors (Lipinski definition) is 0. The summed E-state index contributed by atoms with van der Waals surface area (Å²) in [5, 5.41) is 2.86. The Morgan fingerprint density at radius 2 is 1.31 bits per heavy atom. The lowest BCUT2D eigenvalue weighted by molar-refractivity contribution is 0.496. The van der Waals surface area contributed by atoms with Crippen LogP contribution in [0.4, 0.5) is 0 Å². The first-order valence-corrected chi connectivity index (χ1v) is 5.93. The van der Waals surface area contributed by atoms with Crippen molar-refractivity contribution in [3.8, 4) is 10.8 Å². The molecular formula is C14H12OS. The van der Waals surface area contributed by atoms with Crippen molar-refractivity contribution in [3.05, 3.63) is 72.1 Å². The lowest BCUT2D eigenvalue weighted by Crippen LogP contribution is -1.78. The predicted molar refractivity (Wildman–Crippen MR) is 68.5 cm³/mol. The van der Waals surface area contributed by atoms with E-state index in [0.29, 0.717) is 0 Å². The Bertz CT molecular complexity index is 451. The SMILES string of the molecule is c1cccsc(Oc2ccccc2)ccc1. The Morgan fingerprint density at radius 3 is 2.19 bits per heavy atom. The molecule has 0 aliphatic rings. The minimum Gasteiger partial charge on any atom is -0.447 e. The van der Waals surface area contributed by atoms with E-state index in [1.165, 1.54) is 0 Å². The third-order valence-electron chi connectivity index (χ3n) is 1.90. The van der Waals surface area contributed by atoms with Gasteiger partial charge in [-0.2, -0.15) is 0 Å². The smallest absolute Gasteiger partial charge is 0.180 e. The van der Waals surface area contributed by atoms with Crippen LogP contribution in [-0.2, 0) is 0 Å². The minimum atomic E-state index is 0.857. The monoisotopic (exact) mass is 228 g/mol. The van der Waals surface area contributed by atoms with E-state index in [1.54, 1.807) is 11.3 Å². The fraction of sp³-hybridized carbons (Fsp3) is 0. The van der Waals surface area contributed by atoms with Crippen molar-refractivity contribution in [2.24, 2.45) is 0 Å². The zero-order valence-corrected chi connectivity index (χ0v) is 9.56. The van der Waals surface area contributed by atoms with Crippen molar-refractivity contribution >= 4 is 11.3 Å². The number of hydrogen-bond acceptors (Lipinski definition) is 2. The number of benzene rings is 1. The first-order chi connectivity index (χ1) is 7.95. The molecule has 2 heteroatoms. The number of rotatable bonds is 2. The van der Waals surface area contributed by atoms with E-state index in [-0.39, 0.29) is 0 Å². The van der Waals surface area contributed by atoms with E-state index in [4.69, 9.17) is 4.74 Å². The average molecular weight is 228 g/mol. The highest BCUT2D eigenvalue weighted by Crippen LogP contribution is 2.22. The van der Waals surface area contributed by atoms with E-state index in [1.807, 2.05) is 72.1 Å². The Kier molecular flexibility index (Phi) is 3.97. The average Bonchev–Trinajstić information content (AvgIpc) is 2.45. The molecule has 0 atom stereocenters. The van der Waals surface area contributed by atoms with Crippen LogP contribution in [0.1, 0.15) is 0 Å². The molecule has 0 spiro atoms. The van der Waals surface area contributed by atoms with Crippen LogP contribution in [0, 0.1) is 0 Å². The van der Waals surface area contributed by atoms with E-state index >= 15 is 0 Å². The van der Waals surface area contributed by atoms with Gasteiger partial charge in [-0.05, 0) is 23.6 Å². The summed E-state index contributed by atoms with van der Waals surface area (Å²) in [5.74, 6) is 0.857. The highest BCUT2D eigenvalue weighted by atomic mass is 32.1. The third kappa shape index (κ3) is 3.41. The first-order valence-electron chi connectivity index (χ1n) is 5.05. The van der Waals surface area contributed by atoms with Crippen LogP contribution in [-0.4, -0.2) is 0 Å². The fourth-order valence-electron chi connectivity index (χ4n) is 1.18. The molecule has 16 heavy (non-hydrogen) atoms. The molecule has 0 N–H and O–H groups in total. The summed E-state index contributed by atoms with van der Waals surface area (Å²) in [7, 11) is 0. The van der Waals surface area contributed by atoms with Gasteiger partial charge in [0.25, 0.3) is 0 Å². The quantitative estimate of drug-likeness (QED) is 0.726. The van der Waals surface area contributed by atoms with Gasteiger partial charge in [-0.1, -0.05) is 48.5 Å². The molecule has 0 saturated carbocycles. The van der Waals surface area contributed by atoms with Gasteiger partial charge in [0.1, 0.15) is 5.75 Å². The zero-order chi connectivity index (χ0) is 11.1. The van der Waals surface area contributed by atoms with Gasteiger partial charge in [-0.15, -0.1) is 11.3 Å². The van der Waals surface area contributed by atoms with Gasteiger partial charge in [-0.3, -0.25) is 0 Å². The molecule has 1 heterocycles. The van der Waals surface area contributed by atoms with Crippen molar-refractivity contribution in [2.45, 2.75) is 0 Å². The van der Waals surface area contributed by atoms with Gasteiger partial charge in [0.2, 0.25) is 0 Å². The summed E-state index contributed by atoms with van der Waals surface area (Å²) in [4.78, 5) is 0. The lowest BCUT2D eigenvalue weighted by atomic mass is 10.3. The first kappa shape index (κ1) is 10.7. The molecule has 0 amide bonds. The number of ether oxygens (including phenoxy) is 1. The van der Waals surface area contributed by atoms with Crippen LogP contribution in [0.3, 0.4) is 0 Å². The summed E-state index contributed by atoms with van der Waals surface area (Å²) < 4.78 is 5.74. The largest absolute Gasteiger partial charge is 0.447 e. The molecule has 0 aliphatic heterocycles. The molecule has 2 rings (SSSR count). The van der Waals surface area contributed by atoms with Crippen molar-refractivity contribution in [2.75, 3.05) is 0 Å². The topological polar surface area (TPSA) is 9.23 Å². The van der Waals surface area contributed by atoms with Gasteiger partial charge in [0.05, 0.1) is 0 Å². The van der Waals surface area contributed by atoms with Crippen molar-refractivity contribution in [1.82, 2.24) is 0 Å². The van der Waals surface area contributed by atoms with Gasteiger partial charge in [0.15, 0.2) is 5.06 Å². The van der Waals surface area contributed by atoms with E-state index < -0.39 is 0 Å². The molecule has 1 aromatic heterocycles. The van der Waals surface area contributed by atoms with Crippen molar-refractivity contribution < 1.29 is 4.74 Å². The normalized spacial score (nSPS) is 9.25. The van der Waals surface area contributed by atoms with Crippen LogP contribution in [0.15, 0.2) is 72.1 Å². The zero-order valence-electron chi connectivity index (χ0n) is 8.74. The highest BCUT2D eigenvalue weighted by molar-refractivity contribution is 7.11. The lowest BCUT2D eigenvalue weighted by Gasteiger charge is -2.01. The molecule has 2 aromatic rings. The van der Waals surface area contributed by atoms with Gasteiger partial charge < -0.3 is 4.74 Å². The maximum Gasteiger partial charge on any atom is 0.180 e. The Balaban J connectivity index is 2.26. The van der Waals surface area contributed by atoms with Crippen LogP contribution in [0.25, 0.3) is 0 Å². The second-order valence-corrected chi connectivity index (χ2v) is 4.03. The van der Waals surface area contributed by atoms with E-state index in [0.717, 1.165) is 10.8 Å². The molecule has 0 aliphatic carbocycles. The third-order valence-corrected chi connectivity index (χ3v) is 2.65. The Morgan fingerprint density at radius 1 is 0.688 bits per heavy atom. The van der Waals surface area contributed by atoms with Crippen LogP contribution in [0.2, 0.25) is 0 Å². The molecule has 0 bridgehead atoms. The molecule has 1 nitrogen and oxygen atoms in total. The van der Waals surface area contributed by atoms with E-state index in [2.05, 4.69) is 0 Å². The molecule has 0 radical (unpaired) electrons. The number of para-hydroxylation sites is 1. The standard InChI is InChI=1S/C14H12OS/c1-2-7-11-14(16-12-8-3-1)15-13-9-5-4-6-10-13/h1-12H. The second kappa shape index (κ2) is 5.93. The predicted octanol–water partition coefficient (Wildman–Crippen LogP) is 4.66. The van der Waals surface area contributed by atoms with E-state index in [9.17, 15) is 0 Å². The maximum atomic E-state index is 5.74.